The van der Waals surface area contributed by atoms with Crippen LogP contribution in [0.15, 0.2) is 24.3 Å². The Morgan fingerprint density at radius 2 is 2.00 bits per heavy atom. The first-order valence-corrected chi connectivity index (χ1v) is 7.95. The van der Waals surface area contributed by atoms with Crippen LogP contribution in [0.2, 0.25) is 0 Å². The van der Waals surface area contributed by atoms with Gasteiger partial charge >= 0.3 is 5.97 Å². The van der Waals surface area contributed by atoms with E-state index in [0.717, 1.165) is 5.01 Å². The van der Waals surface area contributed by atoms with Gasteiger partial charge in [-0.15, -0.1) is 11.3 Å². The number of ether oxygens (including phenoxy) is 2. The molecule has 0 bridgehead atoms. The summed E-state index contributed by atoms with van der Waals surface area (Å²) in [6, 6.07) is 7.08. The standard InChI is InChI=1S/C16H18N2O4S/c1-4-21-13-8-6-5-7-12(13)18-14(19)9-22-16(20)15-10(2)17-11(3)23-15/h5-8H,4,9H2,1-3H3,(H,18,19). The minimum atomic E-state index is -0.540. The largest absolute Gasteiger partial charge is 0.492 e. The Morgan fingerprint density at radius 3 is 2.65 bits per heavy atom. The molecule has 0 radical (unpaired) electrons. The maximum Gasteiger partial charge on any atom is 0.350 e. The van der Waals surface area contributed by atoms with Gasteiger partial charge in [-0.1, -0.05) is 12.1 Å². The van der Waals surface area contributed by atoms with Gasteiger partial charge in [-0.25, -0.2) is 9.78 Å². The summed E-state index contributed by atoms with van der Waals surface area (Å²) in [5.41, 5.74) is 1.15. The van der Waals surface area contributed by atoms with Crippen LogP contribution < -0.4 is 10.1 Å². The minimum Gasteiger partial charge on any atom is -0.492 e. The van der Waals surface area contributed by atoms with Gasteiger partial charge in [0.2, 0.25) is 0 Å². The van der Waals surface area contributed by atoms with Crippen molar-refractivity contribution in [2.75, 3.05) is 18.5 Å². The van der Waals surface area contributed by atoms with Crippen LogP contribution in [0.25, 0.3) is 0 Å². The van der Waals surface area contributed by atoms with E-state index in [0.29, 0.717) is 28.6 Å². The van der Waals surface area contributed by atoms with Crippen molar-refractivity contribution in [3.05, 3.63) is 39.8 Å². The molecular weight excluding hydrogens is 316 g/mol. The SMILES string of the molecule is CCOc1ccccc1NC(=O)COC(=O)c1sc(C)nc1C. The Morgan fingerprint density at radius 1 is 1.26 bits per heavy atom. The summed E-state index contributed by atoms with van der Waals surface area (Å²) in [4.78, 5) is 28.5. The number of nitrogens with one attached hydrogen (secondary N) is 1. The number of carbonyl (C=O) groups excluding carboxylic acids is 2. The fraction of sp³-hybridized carbons (Fsp3) is 0.312. The molecule has 1 amide bonds. The van der Waals surface area contributed by atoms with E-state index in [1.54, 1.807) is 25.1 Å². The number of carbonyl (C=O) groups is 2. The molecule has 1 aromatic carbocycles. The Hall–Kier alpha value is -2.41. The van der Waals surface area contributed by atoms with Crippen molar-refractivity contribution in [3.8, 4) is 5.75 Å². The number of anilines is 1. The number of rotatable bonds is 6. The molecule has 2 aromatic rings. The van der Waals surface area contributed by atoms with Gasteiger partial charge in [-0.05, 0) is 32.9 Å². The van der Waals surface area contributed by atoms with Crippen molar-refractivity contribution in [2.45, 2.75) is 20.8 Å². The first kappa shape index (κ1) is 17.0. The molecule has 122 valence electrons. The summed E-state index contributed by atoms with van der Waals surface area (Å²) >= 11 is 1.25. The van der Waals surface area contributed by atoms with Gasteiger partial charge in [0.15, 0.2) is 6.61 Å². The van der Waals surface area contributed by atoms with E-state index < -0.39 is 11.9 Å². The monoisotopic (exact) mass is 334 g/mol. The molecule has 0 aliphatic heterocycles. The second kappa shape index (κ2) is 7.73. The van der Waals surface area contributed by atoms with Crippen molar-refractivity contribution in [1.82, 2.24) is 4.98 Å². The second-order valence-corrected chi connectivity index (χ2v) is 5.90. The fourth-order valence-corrected chi connectivity index (χ4v) is 2.77. The predicted octanol–water partition coefficient (Wildman–Crippen LogP) is 2.95. The molecule has 1 heterocycles. The molecule has 0 saturated heterocycles. The zero-order valence-corrected chi connectivity index (χ0v) is 14.0. The summed E-state index contributed by atoms with van der Waals surface area (Å²) in [6.07, 6.45) is 0. The number of amides is 1. The summed E-state index contributed by atoms with van der Waals surface area (Å²) < 4.78 is 10.5. The van der Waals surface area contributed by atoms with Gasteiger partial charge in [0.1, 0.15) is 10.6 Å². The highest BCUT2D eigenvalue weighted by Crippen LogP contribution is 2.23. The number of aromatic nitrogens is 1. The quantitative estimate of drug-likeness (QED) is 0.822. The van der Waals surface area contributed by atoms with Gasteiger partial charge < -0.3 is 14.8 Å². The van der Waals surface area contributed by atoms with E-state index in [-0.39, 0.29) is 6.61 Å². The summed E-state index contributed by atoms with van der Waals surface area (Å²) in [5, 5.41) is 3.45. The third-order valence-corrected chi connectivity index (χ3v) is 3.94. The van der Waals surface area contributed by atoms with E-state index in [1.165, 1.54) is 11.3 Å². The molecule has 0 fully saturated rings. The van der Waals surface area contributed by atoms with Crippen molar-refractivity contribution in [3.63, 3.8) is 0 Å². The molecule has 23 heavy (non-hydrogen) atoms. The first-order chi connectivity index (χ1) is 11.0. The van der Waals surface area contributed by atoms with Gasteiger partial charge in [0, 0.05) is 0 Å². The van der Waals surface area contributed by atoms with Crippen LogP contribution in [-0.4, -0.2) is 30.1 Å². The first-order valence-electron chi connectivity index (χ1n) is 7.14. The number of benzene rings is 1. The van der Waals surface area contributed by atoms with E-state index in [4.69, 9.17) is 9.47 Å². The topological polar surface area (TPSA) is 77.5 Å². The Bertz CT molecular complexity index is 712. The second-order valence-electron chi connectivity index (χ2n) is 4.70. The van der Waals surface area contributed by atoms with Gasteiger partial charge in [-0.2, -0.15) is 0 Å². The third-order valence-electron chi connectivity index (χ3n) is 2.88. The number of thiazole rings is 1. The molecule has 0 aliphatic carbocycles. The van der Waals surface area contributed by atoms with Crippen LogP contribution in [0, 0.1) is 13.8 Å². The lowest BCUT2D eigenvalue weighted by Gasteiger charge is -2.11. The molecule has 0 saturated carbocycles. The van der Waals surface area contributed by atoms with Crippen molar-refractivity contribution >= 4 is 28.9 Å². The van der Waals surface area contributed by atoms with Crippen molar-refractivity contribution in [1.29, 1.82) is 0 Å². The van der Waals surface area contributed by atoms with Gasteiger partial charge in [0.05, 0.1) is 23.0 Å². The zero-order chi connectivity index (χ0) is 16.8. The lowest BCUT2D eigenvalue weighted by Crippen LogP contribution is -2.21. The van der Waals surface area contributed by atoms with E-state index in [2.05, 4.69) is 10.3 Å². The van der Waals surface area contributed by atoms with Crippen LogP contribution in [0.1, 0.15) is 27.3 Å². The number of esters is 1. The normalized spacial score (nSPS) is 10.2. The van der Waals surface area contributed by atoms with E-state index >= 15 is 0 Å². The average Bonchev–Trinajstić information content (AvgIpc) is 2.86. The van der Waals surface area contributed by atoms with E-state index in [1.807, 2.05) is 19.9 Å². The minimum absolute atomic E-state index is 0.365. The lowest BCUT2D eigenvalue weighted by atomic mass is 10.3. The molecule has 6 nitrogen and oxygen atoms in total. The van der Waals surface area contributed by atoms with Gasteiger partial charge in [0.25, 0.3) is 5.91 Å². The zero-order valence-electron chi connectivity index (χ0n) is 13.2. The molecule has 7 heteroatoms. The van der Waals surface area contributed by atoms with Crippen LogP contribution in [0.5, 0.6) is 5.75 Å². The molecule has 2 rings (SSSR count). The molecule has 0 unspecified atom stereocenters. The maximum absolute atomic E-state index is 11.9. The molecule has 1 aromatic heterocycles. The smallest absolute Gasteiger partial charge is 0.350 e. The maximum atomic E-state index is 11.9. The molecular formula is C16H18N2O4S. The van der Waals surface area contributed by atoms with Crippen LogP contribution in [0.3, 0.4) is 0 Å². The number of nitrogens with zero attached hydrogens (tertiary/aromatic N) is 1. The Balaban J connectivity index is 1.93. The van der Waals surface area contributed by atoms with Crippen LogP contribution >= 0.6 is 11.3 Å². The Labute approximate surface area is 138 Å². The molecule has 1 N–H and O–H groups in total. The number of para-hydroxylation sites is 2. The van der Waals surface area contributed by atoms with Crippen LogP contribution in [0.4, 0.5) is 5.69 Å². The highest BCUT2D eigenvalue weighted by Gasteiger charge is 2.17. The Kier molecular flexibility index (Phi) is 5.70. The fourth-order valence-electron chi connectivity index (χ4n) is 1.95. The van der Waals surface area contributed by atoms with Crippen LogP contribution in [-0.2, 0) is 9.53 Å². The third kappa shape index (κ3) is 4.53. The summed E-state index contributed by atoms with van der Waals surface area (Å²) in [6.45, 7) is 5.53. The van der Waals surface area contributed by atoms with Crippen molar-refractivity contribution in [2.24, 2.45) is 0 Å². The van der Waals surface area contributed by atoms with E-state index in [9.17, 15) is 9.59 Å². The lowest BCUT2D eigenvalue weighted by molar-refractivity contribution is -0.119. The summed E-state index contributed by atoms with van der Waals surface area (Å²) in [5.74, 6) is -0.394. The highest BCUT2D eigenvalue weighted by molar-refractivity contribution is 7.13. The average molecular weight is 334 g/mol. The molecule has 0 atom stereocenters. The number of aryl methyl sites for hydroxylation is 2. The number of hydrogen-bond acceptors (Lipinski definition) is 6. The predicted molar refractivity (Wildman–Crippen MR) is 88.1 cm³/mol. The molecule has 0 spiro atoms. The summed E-state index contributed by atoms with van der Waals surface area (Å²) in [7, 11) is 0. The van der Waals surface area contributed by atoms with Gasteiger partial charge in [-0.3, -0.25) is 4.79 Å². The number of hydrogen-bond donors (Lipinski definition) is 1. The van der Waals surface area contributed by atoms with Crippen molar-refractivity contribution < 1.29 is 19.1 Å². The molecule has 0 aliphatic rings. The highest BCUT2D eigenvalue weighted by atomic mass is 32.1.